The first-order chi connectivity index (χ1) is 15.7. The van der Waals surface area contributed by atoms with E-state index >= 15 is 0 Å². The lowest BCUT2D eigenvalue weighted by Gasteiger charge is -2.32. The summed E-state index contributed by atoms with van der Waals surface area (Å²) in [6, 6.07) is 13.1. The van der Waals surface area contributed by atoms with Gasteiger partial charge in [0.1, 0.15) is 0 Å². The predicted molar refractivity (Wildman–Crippen MR) is 117 cm³/mol. The summed E-state index contributed by atoms with van der Waals surface area (Å²) in [7, 11) is 0. The van der Waals surface area contributed by atoms with Crippen molar-refractivity contribution in [2.45, 2.75) is 44.2 Å². The number of fused-ring (bicyclic) bond motifs is 5. The Bertz CT molecular complexity index is 1280. The summed E-state index contributed by atoms with van der Waals surface area (Å²) in [6.45, 7) is 0. The van der Waals surface area contributed by atoms with E-state index in [2.05, 4.69) is 0 Å². The summed E-state index contributed by atoms with van der Waals surface area (Å²) < 4.78 is 40.1. The lowest BCUT2D eigenvalue weighted by atomic mass is 9.71. The molecule has 0 fully saturated rings. The molecule has 0 saturated heterocycles. The van der Waals surface area contributed by atoms with Crippen LogP contribution in [0.2, 0.25) is 0 Å². The SMILES string of the molecule is O=C(c1ccc([N+](=O)[O-])cc1)C1Cc2cc(C(F)(F)F)ccc2-c2ccc3c(c21)CCCC3. The van der Waals surface area contributed by atoms with Crippen LogP contribution in [0.5, 0.6) is 0 Å². The van der Waals surface area contributed by atoms with Gasteiger partial charge in [0.05, 0.1) is 16.4 Å². The maximum Gasteiger partial charge on any atom is 0.416 e. The number of ketones is 1. The summed E-state index contributed by atoms with van der Waals surface area (Å²) in [4.78, 5) is 24.1. The molecule has 5 rings (SSSR count). The number of hydrogen-bond acceptors (Lipinski definition) is 3. The van der Waals surface area contributed by atoms with Crippen molar-refractivity contribution in [1.29, 1.82) is 0 Å². The molecule has 0 amide bonds. The number of nitro groups is 1. The Morgan fingerprint density at radius 3 is 2.30 bits per heavy atom. The number of hydrogen-bond donors (Lipinski definition) is 0. The van der Waals surface area contributed by atoms with E-state index in [1.165, 1.54) is 35.9 Å². The van der Waals surface area contributed by atoms with E-state index in [1.54, 1.807) is 0 Å². The molecule has 4 nitrogen and oxygen atoms in total. The number of Topliss-reactive ketones (excluding diaryl/α,β-unsaturated/α-hetero) is 1. The van der Waals surface area contributed by atoms with Crippen molar-refractivity contribution in [3.05, 3.63) is 98.1 Å². The average molecular weight is 451 g/mol. The zero-order valence-electron chi connectivity index (χ0n) is 17.6. The second-order valence-electron chi connectivity index (χ2n) is 8.67. The molecule has 2 aliphatic carbocycles. The van der Waals surface area contributed by atoms with Gasteiger partial charge in [-0.3, -0.25) is 14.9 Å². The number of rotatable bonds is 3. The second kappa shape index (κ2) is 7.83. The van der Waals surface area contributed by atoms with Crippen LogP contribution in [0.3, 0.4) is 0 Å². The van der Waals surface area contributed by atoms with Gasteiger partial charge in [0.25, 0.3) is 5.69 Å². The summed E-state index contributed by atoms with van der Waals surface area (Å²) in [5.41, 5.74) is 4.74. The van der Waals surface area contributed by atoms with Gasteiger partial charge >= 0.3 is 6.18 Å². The van der Waals surface area contributed by atoms with Crippen molar-refractivity contribution in [3.8, 4) is 11.1 Å². The number of nitrogens with zero attached hydrogens (tertiary/aromatic N) is 1. The number of non-ortho nitro benzene ring substituents is 1. The molecule has 7 heteroatoms. The van der Waals surface area contributed by atoms with Gasteiger partial charge in [-0.05, 0) is 89.8 Å². The quantitative estimate of drug-likeness (QED) is 0.253. The van der Waals surface area contributed by atoms with Gasteiger partial charge in [0.2, 0.25) is 0 Å². The number of alkyl halides is 3. The lowest BCUT2D eigenvalue weighted by molar-refractivity contribution is -0.384. The summed E-state index contributed by atoms with van der Waals surface area (Å²) in [6.07, 6.45) is -0.485. The minimum atomic E-state index is -4.47. The van der Waals surface area contributed by atoms with Gasteiger partial charge in [-0.2, -0.15) is 13.2 Å². The first-order valence-electron chi connectivity index (χ1n) is 10.9. The molecule has 0 heterocycles. The average Bonchev–Trinajstić information content (AvgIpc) is 2.81. The van der Waals surface area contributed by atoms with Crippen LogP contribution in [-0.2, 0) is 25.4 Å². The van der Waals surface area contributed by atoms with Crippen LogP contribution in [0.4, 0.5) is 18.9 Å². The van der Waals surface area contributed by atoms with Crippen LogP contribution < -0.4 is 0 Å². The summed E-state index contributed by atoms with van der Waals surface area (Å²) >= 11 is 0. The summed E-state index contributed by atoms with van der Waals surface area (Å²) in [5, 5.41) is 11.0. The Morgan fingerprint density at radius 1 is 0.909 bits per heavy atom. The van der Waals surface area contributed by atoms with Crippen molar-refractivity contribution in [3.63, 3.8) is 0 Å². The highest BCUT2D eigenvalue weighted by atomic mass is 19.4. The molecule has 1 unspecified atom stereocenters. The standard InChI is InChI=1S/C26H20F3NO3/c27-26(28,29)18-8-12-20-17(13-18)14-23(25(31)16-5-9-19(10-6-16)30(32)33)24-21-4-2-1-3-15(21)7-11-22(20)24/h5-13,23H,1-4,14H2. The number of halogens is 3. The topological polar surface area (TPSA) is 60.2 Å². The van der Waals surface area contributed by atoms with Crippen molar-refractivity contribution in [2.75, 3.05) is 0 Å². The molecule has 0 radical (unpaired) electrons. The molecule has 0 aliphatic heterocycles. The van der Waals surface area contributed by atoms with E-state index in [-0.39, 0.29) is 17.9 Å². The maximum absolute atomic E-state index is 13.6. The highest BCUT2D eigenvalue weighted by Gasteiger charge is 2.36. The van der Waals surface area contributed by atoms with Crippen LogP contribution in [0.1, 0.15) is 56.9 Å². The highest BCUT2D eigenvalue weighted by Crippen LogP contribution is 2.46. The Balaban J connectivity index is 1.66. The Hall–Kier alpha value is -3.48. The molecule has 3 aromatic carbocycles. The zero-order valence-corrected chi connectivity index (χ0v) is 17.6. The van der Waals surface area contributed by atoms with Gasteiger partial charge in [-0.1, -0.05) is 18.2 Å². The van der Waals surface area contributed by atoms with Crippen LogP contribution in [-0.4, -0.2) is 10.7 Å². The molecule has 0 saturated carbocycles. The van der Waals surface area contributed by atoms with E-state index in [0.717, 1.165) is 60.1 Å². The van der Waals surface area contributed by atoms with Crippen molar-refractivity contribution in [2.24, 2.45) is 0 Å². The zero-order chi connectivity index (χ0) is 23.3. The minimum absolute atomic E-state index is 0.117. The van der Waals surface area contributed by atoms with Crippen LogP contribution in [0, 0.1) is 10.1 Å². The van der Waals surface area contributed by atoms with Crippen LogP contribution in [0.15, 0.2) is 54.6 Å². The van der Waals surface area contributed by atoms with Crippen LogP contribution >= 0.6 is 0 Å². The Labute approximate surface area is 188 Å². The number of carbonyl (C=O) groups is 1. The fourth-order valence-electron chi connectivity index (χ4n) is 5.19. The molecular weight excluding hydrogens is 431 g/mol. The first kappa shape index (κ1) is 21.4. The monoisotopic (exact) mass is 451 g/mol. The minimum Gasteiger partial charge on any atom is -0.293 e. The predicted octanol–water partition coefficient (Wildman–Crippen LogP) is 6.68. The van der Waals surface area contributed by atoms with Crippen molar-refractivity contribution >= 4 is 11.5 Å². The van der Waals surface area contributed by atoms with Gasteiger partial charge in [-0.15, -0.1) is 0 Å². The lowest BCUT2D eigenvalue weighted by Crippen LogP contribution is -2.24. The van der Waals surface area contributed by atoms with E-state index < -0.39 is 22.6 Å². The van der Waals surface area contributed by atoms with Crippen LogP contribution in [0.25, 0.3) is 11.1 Å². The van der Waals surface area contributed by atoms with Gasteiger partial charge in [0.15, 0.2) is 5.78 Å². The smallest absolute Gasteiger partial charge is 0.293 e. The van der Waals surface area contributed by atoms with Gasteiger partial charge < -0.3 is 0 Å². The van der Waals surface area contributed by atoms with Crippen molar-refractivity contribution in [1.82, 2.24) is 0 Å². The fraction of sp³-hybridized carbons (Fsp3) is 0.269. The Kier molecular flexibility index (Phi) is 5.07. The first-order valence-corrected chi connectivity index (χ1v) is 10.9. The number of nitro benzene ring substituents is 1. The highest BCUT2D eigenvalue weighted by molar-refractivity contribution is 6.03. The largest absolute Gasteiger partial charge is 0.416 e. The van der Waals surface area contributed by atoms with Gasteiger partial charge in [0, 0.05) is 17.7 Å². The van der Waals surface area contributed by atoms with Gasteiger partial charge in [-0.25, -0.2) is 0 Å². The normalized spacial score (nSPS) is 17.0. The number of benzene rings is 3. The second-order valence-corrected chi connectivity index (χ2v) is 8.67. The van der Waals surface area contributed by atoms with E-state index in [4.69, 9.17) is 0 Å². The molecule has 0 aromatic heterocycles. The van der Waals surface area contributed by atoms with E-state index in [9.17, 15) is 28.1 Å². The molecular formula is C26H20F3NO3. The third kappa shape index (κ3) is 3.71. The maximum atomic E-state index is 13.6. The summed E-state index contributed by atoms with van der Waals surface area (Å²) in [5.74, 6) is -0.862. The molecule has 0 N–H and O–H groups in total. The third-order valence-corrected chi connectivity index (χ3v) is 6.75. The number of aryl methyl sites for hydroxylation is 1. The fourth-order valence-corrected chi connectivity index (χ4v) is 5.19. The number of carbonyl (C=O) groups excluding carboxylic acids is 1. The van der Waals surface area contributed by atoms with Crippen molar-refractivity contribution < 1.29 is 22.9 Å². The molecule has 3 aromatic rings. The molecule has 33 heavy (non-hydrogen) atoms. The molecule has 1 atom stereocenters. The third-order valence-electron chi connectivity index (χ3n) is 6.75. The molecule has 2 aliphatic rings. The van der Waals surface area contributed by atoms with E-state index in [0.29, 0.717) is 11.1 Å². The molecule has 168 valence electrons. The molecule has 0 spiro atoms. The Morgan fingerprint density at radius 2 is 1.61 bits per heavy atom. The molecule has 0 bridgehead atoms. The van der Waals surface area contributed by atoms with E-state index in [1.807, 2.05) is 12.1 Å².